The lowest BCUT2D eigenvalue weighted by Gasteiger charge is -2.08. The number of benzene rings is 1. The van der Waals surface area contributed by atoms with Gasteiger partial charge in [-0.2, -0.15) is 0 Å². The Morgan fingerprint density at radius 2 is 2.00 bits per heavy atom. The van der Waals surface area contributed by atoms with Crippen molar-refractivity contribution in [2.75, 3.05) is 19.8 Å². The molecule has 1 atom stereocenters. The molecule has 1 unspecified atom stereocenters. The van der Waals surface area contributed by atoms with E-state index < -0.39 is 6.10 Å². The van der Waals surface area contributed by atoms with Crippen LogP contribution in [0.1, 0.15) is 12.8 Å². The molecule has 2 N–H and O–H groups in total. The van der Waals surface area contributed by atoms with Gasteiger partial charge in [-0.15, -0.1) is 0 Å². The molecule has 0 aliphatic carbocycles. The number of esters is 1. The van der Waals surface area contributed by atoms with Gasteiger partial charge in [-0.25, -0.2) is 0 Å². The fourth-order valence-corrected chi connectivity index (χ4v) is 1.26. The van der Waals surface area contributed by atoms with E-state index in [9.17, 15) is 4.79 Å². The molecule has 18 heavy (non-hydrogen) atoms. The number of aliphatic hydroxyl groups is 2. The van der Waals surface area contributed by atoms with E-state index in [4.69, 9.17) is 19.7 Å². The number of aliphatic hydroxyl groups excluding tert-OH is 2. The van der Waals surface area contributed by atoms with Crippen molar-refractivity contribution in [3.8, 4) is 5.75 Å². The molecular weight excluding hydrogens is 236 g/mol. The van der Waals surface area contributed by atoms with E-state index >= 15 is 0 Å². The number of para-hydroxylation sites is 1. The molecule has 0 aliphatic heterocycles. The highest BCUT2D eigenvalue weighted by Crippen LogP contribution is 2.09. The summed E-state index contributed by atoms with van der Waals surface area (Å²) in [6.45, 7) is 0.0984. The van der Waals surface area contributed by atoms with Crippen LogP contribution >= 0.6 is 0 Å². The molecule has 0 radical (unpaired) electrons. The van der Waals surface area contributed by atoms with Crippen LogP contribution in [0, 0.1) is 0 Å². The zero-order valence-corrected chi connectivity index (χ0v) is 10.1. The Morgan fingerprint density at radius 1 is 1.28 bits per heavy atom. The molecule has 0 fully saturated rings. The van der Waals surface area contributed by atoms with Gasteiger partial charge in [-0.1, -0.05) is 18.2 Å². The first-order valence-corrected chi connectivity index (χ1v) is 5.84. The summed E-state index contributed by atoms with van der Waals surface area (Å²) in [5.74, 6) is 0.214. The van der Waals surface area contributed by atoms with E-state index in [0.717, 1.165) is 0 Å². The second-order valence-electron chi connectivity index (χ2n) is 3.80. The molecule has 5 heteroatoms. The van der Waals surface area contributed by atoms with Crippen LogP contribution in [0.3, 0.4) is 0 Å². The summed E-state index contributed by atoms with van der Waals surface area (Å²) in [5.41, 5.74) is 0. The summed E-state index contributed by atoms with van der Waals surface area (Å²) < 4.78 is 10.1. The molecule has 0 spiro atoms. The monoisotopic (exact) mass is 254 g/mol. The first kappa shape index (κ1) is 14.6. The number of carbonyl (C=O) groups is 1. The van der Waals surface area contributed by atoms with Gasteiger partial charge in [0.05, 0.1) is 13.2 Å². The lowest BCUT2D eigenvalue weighted by Crippen LogP contribution is -2.20. The highest BCUT2D eigenvalue weighted by Gasteiger charge is 2.05. The van der Waals surface area contributed by atoms with E-state index in [2.05, 4.69) is 0 Å². The first-order chi connectivity index (χ1) is 8.72. The van der Waals surface area contributed by atoms with E-state index in [1.807, 2.05) is 6.07 Å². The van der Waals surface area contributed by atoms with Gasteiger partial charge in [0.2, 0.25) is 0 Å². The lowest BCUT2D eigenvalue weighted by atomic mass is 10.3. The minimum Gasteiger partial charge on any atom is -0.427 e. The van der Waals surface area contributed by atoms with Crippen molar-refractivity contribution >= 4 is 5.97 Å². The predicted octanol–water partition coefficient (Wildman–Crippen LogP) is 0.742. The Labute approximate surface area is 106 Å². The first-order valence-electron chi connectivity index (χ1n) is 5.84. The minimum atomic E-state index is -0.860. The fraction of sp³-hybridized carbons (Fsp3) is 0.462. The molecule has 1 aromatic carbocycles. The zero-order chi connectivity index (χ0) is 13.2. The molecule has 0 amide bonds. The van der Waals surface area contributed by atoms with E-state index in [0.29, 0.717) is 18.8 Å². The van der Waals surface area contributed by atoms with Gasteiger partial charge < -0.3 is 19.7 Å². The van der Waals surface area contributed by atoms with E-state index in [1.54, 1.807) is 24.3 Å². The molecule has 0 aliphatic rings. The summed E-state index contributed by atoms with van der Waals surface area (Å²) in [5, 5.41) is 17.5. The van der Waals surface area contributed by atoms with Crippen LogP contribution in [-0.4, -0.2) is 42.1 Å². The fourth-order valence-electron chi connectivity index (χ4n) is 1.26. The quantitative estimate of drug-likeness (QED) is 0.406. The van der Waals surface area contributed by atoms with Crippen molar-refractivity contribution in [2.45, 2.75) is 18.9 Å². The maximum atomic E-state index is 11.4. The average molecular weight is 254 g/mol. The average Bonchev–Trinajstić information content (AvgIpc) is 2.39. The molecule has 5 nitrogen and oxygen atoms in total. The van der Waals surface area contributed by atoms with Crippen molar-refractivity contribution in [1.82, 2.24) is 0 Å². The third kappa shape index (κ3) is 6.34. The maximum Gasteiger partial charge on any atom is 0.311 e. The Bertz CT molecular complexity index is 338. The molecule has 1 rings (SSSR count). The second-order valence-corrected chi connectivity index (χ2v) is 3.80. The number of hydrogen-bond acceptors (Lipinski definition) is 5. The van der Waals surface area contributed by atoms with Crippen molar-refractivity contribution in [3.05, 3.63) is 30.3 Å². The number of hydrogen-bond donors (Lipinski definition) is 2. The summed E-state index contributed by atoms with van der Waals surface area (Å²) in [4.78, 5) is 11.4. The van der Waals surface area contributed by atoms with Crippen LogP contribution in [0.4, 0.5) is 0 Å². The maximum absolute atomic E-state index is 11.4. The minimum absolute atomic E-state index is 0.0736. The van der Waals surface area contributed by atoms with Crippen LogP contribution in [0.5, 0.6) is 5.75 Å². The smallest absolute Gasteiger partial charge is 0.311 e. The lowest BCUT2D eigenvalue weighted by molar-refractivity contribution is -0.134. The normalized spacial score (nSPS) is 12.1. The van der Waals surface area contributed by atoms with Crippen molar-refractivity contribution < 1.29 is 24.5 Å². The Kier molecular flexibility index (Phi) is 7.01. The molecule has 0 saturated heterocycles. The largest absolute Gasteiger partial charge is 0.427 e. The molecule has 0 heterocycles. The SMILES string of the molecule is O=C(CCCOCC(O)CO)Oc1ccccc1. The summed E-state index contributed by atoms with van der Waals surface area (Å²) in [6, 6.07) is 8.86. The second kappa shape index (κ2) is 8.63. The van der Waals surface area contributed by atoms with Gasteiger partial charge >= 0.3 is 5.97 Å². The highest BCUT2D eigenvalue weighted by molar-refractivity contribution is 5.72. The summed E-state index contributed by atoms with van der Waals surface area (Å²) >= 11 is 0. The van der Waals surface area contributed by atoms with Gasteiger partial charge in [-0.05, 0) is 18.6 Å². The molecule has 0 bridgehead atoms. The molecule has 0 aromatic heterocycles. The van der Waals surface area contributed by atoms with Crippen molar-refractivity contribution in [1.29, 1.82) is 0 Å². The van der Waals surface area contributed by atoms with Gasteiger partial charge in [0, 0.05) is 13.0 Å². The predicted molar refractivity (Wildman–Crippen MR) is 65.2 cm³/mol. The number of ether oxygens (including phenoxy) is 2. The third-order valence-corrected chi connectivity index (χ3v) is 2.17. The van der Waals surface area contributed by atoms with Gasteiger partial charge in [-0.3, -0.25) is 4.79 Å². The molecule has 100 valence electrons. The number of rotatable bonds is 8. The van der Waals surface area contributed by atoms with Crippen LogP contribution in [0.2, 0.25) is 0 Å². The standard InChI is InChI=1S/C13H18O5/c14-9-11(15)10-17-8-4-7-13(16)18-12-5-2-1-3-6-12/h1-3,5-6,11,14-15H,4,7-10H2. The van der Waals surface area contributed by atoms with Gasteiger partial charge in [0.1, 0.15) is 11.9 Å². The van der Waals surface area contributed by atoms with Gasteiger partial charge in [0.25, 0.3) is 0 Å². The van der Waals surface area contributed by atoms with Crippen LogP contribution in [-0.2, 0) is 9.53 Å². The summed E-state index contributed by atoms with van der Waals surface area (Å²) in [6.07, 6.45) is -0.0882. The summed E-state index contributed by atoms with van der Waals surface area (Å²) in [7, 11) is 0. The topological polar surface area (TPSA) is 76.0 Å². The van der Waals surface area contributed by atoms with Crippen LogP contribution in [0.15, 0.2) is 30.3 Å². The third-order valence-electron chi connectivity index (χ3n) is 2.17. The highest BCUT2D eigenvalue weighted by atomic mass is 16.5. The Balaban J connectivity index is 2.07. The van der Waals surface area contributed by atoms with Crippen molar-refractivity contribution in [3.63, 3.8) is 0 Å². The zero-order valence-electron chi connectivity index (χ0n) is 10.1. The molecule has 1 aromatic rings. The van der Waals surface area contributed by atoms with Crippen LogP contribution in [0.25, 0.3) is 0 Å². The molecular formula is C13H18O5. The van der Waals surface area contributed by atoms with Gasteiger partial charge in [0.15, 0.2) is 0 Å². The van der Waals surface area contributed by atoms with E-state index in [-0.39, 0.29) is 25.6 Å². The number of carbonyl (C=O) groups excluding carboxylic acids is 1. The molecule has 0 saturated carbocycles. The van der Waals surface area contributed by atoms with E-state index in [1.165, 1.54) is 0 Å². The van der Waals surface area contributed by atoms with Crippen LogP contribution < -0.4 is 4.74 Å². The Morgan fingerprint density at radius 3 is 2.67 bits per heavy atom. The Hall–Kier alpha value is -1.43. The van der Waals surface area contributed by atoms with Crippen molar-refractivity contribution in [2.24, 2.45) is 0 Å².